The van der Waals surface area contributed by atoms with Crippen LogP contribution < -0.4 is 5.32 Å². The number of aliphatic hydroxyl groups is 6. The van der Waals surface area contributed by atoms with Crippen molar-refractivity contribution in [3.05, 3.63) is 0 Å². The van der Waals surface area contributed by atoms with Gasteiger partial charge in [-0.2, -0.15) is 0 Å². The molecule has 0 bridgehead atoms. The molecule has 0 aliphatic carbocycles. The van der Waals surface area contributed by atoms with E-state index in [9.17, 15) is 39.9 Å². The van der Waals surface area contributed by atoms with Crippen molar-refractivity contribution in [1.82, 2.24) is 5.32 Å². The number of nitrogens with one attached hydrogen (secondary N) is 1. The van der Waals surface area contributed by atoms with Crippen LogP contribution in [0.2, 0.25) is 0 Å². The fourth-order valence-electron chi connectivity index (χ4n) is 2.69. The van der Waals surface area contributed by atoms with Crippen molar-refractivity contribution in [3.8, 4) is 0 Å². The number of amides is 1. The molecule has 0 radical (unpaired) electrons. The van der Waals surface area contributed by atoms with Gasteiger partial charge < -0.3 is 45.8 Å². The molecule has 7 atom stereocenters. The molecule has 2 unspecified atom stereocenters. The minimum atomic E-state index is -3.35. The van der Waals surface area contributed by atoms with E-state index in [1.807, 2.05) is 0 Å². The highest BCUT2D eigenvalue weighted by atomic mass is 16.7. The highest BCUT2D eigenvalue weighted by Crippen LogP contribution is 2.36. The number of aliphatic carboxylic acids is 1. The van der Waals surface area contributed by atoms with Gasteiger partial charge in [-0.3, -0.25) is 9.59 Å². The molecule has 1 rings (SSSR count). The van der Waals surface area contributed by atoms with Crippen LogP contribution in [0.15, 0.2) is 0 Å². The maximum Gasteiger partial charge on any atom is 0.365 e. The fraction of sp³-hybridized carbons (Fsp3) is 0.769. The Balaban J connectivity index is 3.39. The lowest BCUT2D eigenvalue weighted by Gasteiger charge is -2.48. The summed E-state index contributed by atoms with van der Waals surface area (Å²) in [5.74, 6) is -9.70. The van der Waals surface area contributed by atoms with Crippen molar-refractivity contribution in [2.24, 2.45) is 5.92 Å². The topological polar surface area (TPSA) is 214 Å². The molecule has 25 heavy (non-hydrogen) atoms. The molecule has 12 nitrogen and oxygen atoms in total. The van der Waals surface area contributed by atoms with E-state index in [0.717, 1.165) is 6.92 Å². The van der Waals surface area contributed by atoms with E-state index in [1.165, 1.54) is 0 Å². The van der Waals surface area contributed by atoms with Crippen LogP contribution in [0.25, 0.3) is 0 Å². The SMILES string of the molecule is CC(=O)N[C@H]1[C@H]([C@H](O)[C@H](O)CO)OC(O)(C(=O)O)C(C(=O)CO)[C@@H]1O. The number of aliphatic hydroxyl groups excluding tert-OH is 5. The Labute approximate surface area is 141 Å². The van der Waals surface area contributed by atoms with E-state index in [1.54, 1.807) is 0 Å². The molecule has 0 aromatic heterocycles. The zero-order valence-electron chi connectivity index (χ0n) is 13.1. The Morgan fingerprint density at radius 1 is 1.24 bits per heavy atom. The molecular weight excluding hydrogens is 346 g/mol. The van der Waals surface area contributed by atoms with E-state index < -0.39 is 73.0 Å². The summed E-state index contributed by atoms with van der Waals surface area (Å²) in [6, 6.07) is -1.63. The minimum Gasteiger partial charge on any atom is -0.477 e. The van der Waals surface area contributed by atoms with Gasteiger partial charge in [0.1, 0.15) is 30.8 Å². The molecule has 1 amide bonds. The molecule has 12 heteroatoms. The summed E-state index contributed by atoms with van der Waals surface area (Å²) in [7, 11) is 0. The van der Waals surface area contributed by atoms with Crippen molar-refractivity contribution in [2.75, 3.05) is 13.2 Å². The number of hydrogen-bond donors (Lipinski definition) is 8. The zero-order valence-corrected chi connectivity index (χ0v) is 13.1. The van der Waals surface area contributed by atoms with Gasteiger partial charge in [0.15, 0.2) is 5.78 Å². The lowest BCUT2D eigenvalue weighted by molar-refractivity contribution is -0.314. The largest absolute Gasteiger partial charge is 0.477 e. The van der Waals surface area contributed by atoms with Crippen LogP contribution in [0.4, 0.5) is 0 Å². The van der Waals surface area contributed by atoms with Crippen LogP contribution in [0, 0.1) is 5.92 Å². The first kappa shape index (κ1) is 21.4. The van der Waals surface area contributed by atoms with Crippen molar-refractivity contribution in [2.45, 2.75) is 43.2 Å². The normalized spacial score (nSPS) is 34.8. The molecule has 8 N–H and O–H groups in total. The van der Waals surface area contributed by atoms with Crippen molar-refractivity contribution in [3.63, 3.8) is 0 Å². The molecule has 0 aromatic carbocycles. The van der Waals surface area contributed by atoms with E-state index in [0.29, 0.717) is 0 Å². The Morgan fingerprint density at radius 2 is 1.80 bits per heavy atom. The summed E-state index contributed by atoms with van der Waals surface area (Å²) in [6.45, 7) is -1.20. The van der Waals surface area contributed by atoms with Crippen LogP contribution in [0.1, 0.15) is 6.92 Å². The van der Waals surface area contributed by atoms with Gasteiger partial charge in [-0.1, -0.05) is 0 Å². The summed E-state index contributed by atoms with van der Waals surface area (Å²) in [5.41, 5.74) is 0. The third-order valence-electron chi connectivity index (χ3n) is 3.90. The van der Waals surface area contributed by atoms with E-state index in [-0.39, 0.29) is 0 Å². The standard InChI is InChI=1S/C13H21NO11/c1-4(17)14-8-10(21)7(5(18)2-15)13(24,12(22)23)25-11(8)9(20)6(19)3-16/h6-11,15-16,19-21,24H,2-3H2,1H3,(H,14,17)(H,22,23)/t6-,7?,8-,9-,10+,11-,13?/m1/s1. The van der Waals surface area contributed by atoms with Gasteiger partial charge in [-0.05, 0) is 0 Å². The average molecular weight is 367 g/mol. The quantitative estimate of drug-likeness (QED) is 0.213. The van der Waals surface area contributed by atoms with Gasteiger partial charge in [-0.15, -0.1) is 0 Å². The van der Waals surface area contributed by atoms with Gasteiger partial charge >= 0.3 is 5.97 Å². The highest BCUT2D eigenvalue weighted by Gasteiger charge is 2.62. The molecular formula is C13H21NO11. The van der Waals surface area contributed by atoms with Gasteiger partial charge in [0.2, 0.25) is 5.91 Å². The van der Waals surface area contributed by atoms with E-state index in [4.69, 9.17) is 14.9 Å². The Hall–Kier alpha value is -1.67. The Bertz CT molecular complexity index is 526. The van der Waals surface area contributed by atoms with Crippen LogP contribution in [0.5, 0.6) is 0 Å². The predicted molar refractivity (Wildman–Crippen MR) is 75.8 cm³/mol. The summed E-state index contributed by atoms with van der Waals surface area (Å²) < 4.78 is 4.87. The molecule has 1 aliphatic rings. The molecule has 144 valence electrons. The summed E-state index contributed by atoms with van der Waals surface area (Å²) in [4.78, 5) is 34.5. The molecule has 1 saturated heterocycles. The van der Waals surface area contributed by atoms with Crippen molar-refractivity contribution in [1.29, 1.82) is 0 Å². The monoisotopic (exact) mass is 367 g/mol. The zero-order chi connectivity index (χ0) is 19.5. The van der Waals surface area contributed by atoms with E-state index in [2.05, 4.69) is 5.32 Å². The first-order valence-electron chi connectivity index (χ1n) is 7.20. The molecule has 0 saturated carbocycles. The minimum absolute atomic E-state index is 0.765. The Morgan fingerprint density at radius 3 is 2.20 bits per heavy atom. The molecule has 0 spiro atoms. The van der Waals surface area contributed by atoms with Gasteiger partial charge in [0.25, 0.3) is 5.79 Å². The average Bonchev–Trinajstić information content (AvgIpc) is 2.55. The smallest absolute Gasteiger partial charge is 0.365 e. The molecule has 0 aromatic rings. The fourth-order valence-corrected chi connectivity index (χ4v) is 2.69. The number of ketones is 1. The first-order valence-corrected chi connectivity index (χ1v) is 7.20. The number of ether oxygens (including phenoxy) is 1. The number of carboxylic acid groups (broad SMARTS) is 1. The maximum atomic E-state index is 11.8. The maximum absolute atomic E-state index is 11.8. The number of carbonyl (C=O) groups is 3. The summed E-state index contributed by atoms with van der Waals surface area (Å²) in [5, 5.41) is 69.3. The highest BCUT2D eigenvalue weighted by molar-refractivity contribution is 5.90. The van der Waals surface area contributed by atoms with Gasteiger partial charge in [0.05, 0.1) is 18.8 Å². The van der Waals surface area contributed by atoms with Gasteiger partial charge in [-0.25, -0.2) is 4.79 Å². The second-order valence-corrected chi connectivity index (χ2v) is 5.64. The second-order valence-electron chi connectivity index (χ2n) is 5.64. The molecule has 1 aliphatic heterocycles. The second kappa shape index (κ2) is 8.14. The van der Waals surface area contributed by atoms with Crippen LogP contribution in [-0.2, 0) is 19.1 Å². The van der Waals surface area contributed by atoms with Crippen LogP contribution in [0.3, 0.4) is 0 Å². The van der Waals surface area contributed by atoms with Crippen LogP contribution in [-0.4, -0.2) is 103 Å². The van der Waals surface area contributed by atoms with Crippen molar-refractivity contribution < 1.29 is 54.9 Å². The number of rotatable bonds is 7. The van der Waals surface area contributed by atoms with Gasteiger partial charge in [0, 0.05) is 6.92 Å². The lowest BCUT2D eigenvalue weighted by atomic mass is 9.78. The number of carbonyl (C=O) groups excluding carboxylic acids is 2. The lowest BCUT2D eigenvalue weighted by Crippen LogP contribution is -2.72. The molecule has 1 heterocycles. The number of hydrogen-bond acceptors (Lipinski definition) is 10. The predicted octanol–water partition coefficient (Wildman–Crippen LogP) is -5.08. The van der Waals surface area contributed by atoms with E-state index >= 15 is 0 Å². The first-order chi connectivity index (χ1) is 11.5. The summed E-state index contributed by atoms with van der Waals surface area (Å²) >= 11 is 0. The third kappa shape index (κ3) is 4.12. The van der Waals surface area contributed by atoms with Crippen molar-refractivity contribution >= 4 is 17.7 Å². The number of Topliss-reactive ketones (excluding diaryl/α,β-unsaturated/α-hetero) is 1. The Kier molecular flexibility index (Phi) is 6.96. The summed E-state index contributed by atoms with van der Waals surface area (Å²) in [6.07, 6.45) is -7.89. The number of carboxylic acids is 1. The third-order valence-corrected chi connectivity index (χ3v) is 3.90. The van der Waals surface area contributed by atoms with Crippen LogP contribution >= 0.6 is 0 Å². The molecule has 1 fully saturated rings.